The van der Waals surface area contributed by atoms with Crippen molar-refractivity contribution in [2.45, 2.75) is 39.3 Å². The van der Waals surface area contributed by atoms with Crippen LogP contribution in [0.5, 0.6) is 0 Å². The summed E-state index contributed by atoms with van der Waals surface area (Å²) in [5.74, 6) is -0.370. The van der Waals surface area contributed by atoms with E-state index < -0.39 is 6.04 Å². The second kappa shape index (κ2) is 8.69. The summed E-state index contributed by atoms with van der Waals surface area (Å²) in [6, 6.07) is 14.2. The SMILES string of the molecule is Cc1cccc(C(=O)N[C@@H](C)C(=O)NCc2ccc(N3CCCC3=O)cc2)c1. The smallest absolute Gasteiger partial charge is 0.251 e. The molecule has 0 unspecified atom stereocenters. The number of rotatable bonds is 6. The van der Waals surface area contributed by atoms with Gasteiger partial charge in [0.15, 0.2) is 0 Å². The van der Waals surface area contributed by atoms with Gasteiger partial charge in [0.2, 0.25) is 11.8 Å². The fraction of sp³-hybridized carbons (Fsp3) is 0.318. The number of carbonyl (C=O) groups is 3. The molecule has 3 amide bonds. The van der Waals surface area contributed by atoms with Gasteiger partial charge in [0.25, 0.3) is 5.91 Å². The highest BCUT2D eigenvalue weighted by molar-refractivity contribution is 5.97. The van der Waals surface area contributed by atoms with Crippen LogP contribution in [0.2, 0.25) is 0 Å². The Hall–Kier alpha value is -3.15. The van der Waals surface area contributed by atoms with Crippen LogP contribution in [-0.4, -0.2) is 30.3 Å². The molecular formula is C22H25N3O3. The lowest BCUT2D eigenvalue weighted by atomic mass is 10.1. The second-order valence-electron chi connectivity index (χ2n) is 7.10. The standard InChI is InChI=1S/C22H25N3O3/c1-15-5-3-6-18(13-15)22(28)24-16(2)21(27)23-14-17-8-10-19(11-9-17)25-12-4-7-20(25)26/h3,5-6,8-11,13,16H,4,7,12,14H2,1-2H3,(H,23,27)(H,24,28)/t16-/m0/s1. The van der Waals surface area contributed by atoms with Crippen molar-refractivity contribution in [2.24, 2.45) is 0 Å². The summed E-state index contributed by atoms with van der Waals surface area (Å²) < 4.78 is 0. The van der Waals surface area contributed by atoms with Gasteiger partial charge in [0.1, 0.15) is 6.04 Å². The molecule has 2 aromatic rings. The molecule has 1 saturated heterocycles. The number of anilines is 1. The number of hydrogen-bond acceptors (Lipinski definition) is 3. The van der Waals surface area contributed by atoms with Crippen LogP contribution in [-0.2, 0) is 16.1 Å². The fourth-order valence-corrected chi connectivity index (χ4v) is 3.19. The van der Waals surface area contributed by atoms with Crippen molar-refractivity contribution in [3.63, 3.8) is 0 Å². The Kier molecular flexibility index (Phi) is 6.09. The van der Waals surface area contributed by atoms with E-state index in [4.69, 9.17) is 0 Å². The number of nitrogens with zero attached hydrogens (tertiary/aromatic N) is 1. The van der Waals surface area contributed by atoms with Crippen molar-refractivity contribution >= 4 is 23.4 Å². The summed E-state index contributed by atoms with van der Waals surface area (Å²) in [4.78, 5) is 38.1. The van der Waals surface area contributed by atoms with Crippen molar-refractivity contribution in [3.8, 4) is 0 Å². The third kappa shape index (κ3) is 4.76. The zero-order valence-corrected chi connectivity index (χ0v) is 16.2. The average Bonchev–Trinajstić information content (AvgIpc) is 3.12. The highest BCUT2D eigenvalue weighted by Crippen LogP contribution is 2.21. The third-order valence-electron chi connectivity index (χ3n) is 4.81. The van der Waals surface area contributed by atoms with Crippen LogP contribution in [0, 0.1) is 6.92 Å². The van der Waals surface area contributed by atoms with Gasteiger partial charge in [-0.1, -0.05) is 29.8 Å². The molecule has 1 atom stereocenters. The maximum absolute atomic E-state index is 12.3. The molecule has 6 heteroatoms. The zero-order valence-electron chi connectivity index (χ0n) is 16.2. The second-order valence-corrected chi connectivity index (χ2v) is 7.10. The maximum Gasteiger partial charge on any atom is 0.251 e. The molecular weight excluding hydrogens is 354 g/mol. The first-order valence-electron chi connectivity index (χ1n) is 9.48. The van der Waals surface area contributed by atoms with Gasteiger partial charge >= 0.3 is 0 Å². The highest BCUT2D eigenvalue weighted by atomic mass is 16.2. The fourth-order valence-electron chi connectivity index (χ4n) is 3.19. The average molecular weight is 379 g/mol. The minimum absolute atomic E-state index is 0.152. The van der Waals surface area contributed by atoms with E-state index in [1.807, 2.05) is 43.3 Å². The third-order valence-corrected chi connectivity index (χ3v) is 4.81. The zero-order chi connectivity index (χ0) is 20.1. The summed E-state index contributed by atoms with van der Waals surface area (Å²) in [7, 11) is 0. The lowest BCUT2D eigenvalue weighted by molar-refractivity contribution is -0.122. The van der Waals surface area contributed by atoms with Crippen molar-refractivity contribution in [3.05, 3.63) is 65.2 Å². The summed E-state index contributed by atoms with van der Waals surface area (Å²) in [6.45, 7) is 4.69. The molecule has 3 rings (SSSR count). The number of amides is 3. The Balaban J connectivity index is 1.50. The molecule has 1 aliphatic heterocycles. The van der Waals surface area contributed by atoms with Gasteiger partial charge in [-0.25, -0.2) is 0 Å². The minimum Gasteiger partial charge on any atom is -0.350 e. The Morgan fingerprint density at radius 3 is 2.54 bits per heavy atom. The first kappa shape index (κ1) is 19.6. The predicted molar refractivity (Wildman–Crippen MR) is 108 cm³/mol. The molecule has 0 aromatic heterocycles. The van der Waals surface area contributed by atoms with Crippen LogP contribution in [0.1, 0.15) is 41.3 Å². The molecule has 1 heterocycles. The van der Waals surface area contributed by atoms with Gasteiger partial charge < -0.3 is 15.5 Å². The van der Waals surface area contributed by atoms with Crippen molar-refractivity contribution in [2.75, 3.05) is 11.4 Å². The van der Waals surface area contributed by atoms with Gasteiger partial charge in [-0.05, 0) is 50.1 Å². The van der Waals surface area contributed by atoms with Gasteiger partial charge in [-0.2, -0.15) is 0 Å². The first-order valence-corrected chi connectivity index (χ1v) is 9.48. The number of aryl methyl sites for hydroxylation is 1. The van der Waals surface area contributed by atoms with E-state index >= 15 is 0 Å². The monoisotopic (exact) mass is 379 g/mol. The molecule has 28 heavy (non-hydrogen) atoms. The first-order chi connectivity index (χ1) is 13.4. The van der Waals surface area contributed by atoms with E-state index in [-0.39, 0.29) is 17.7 Å². The van der Waals surface area contributed by atoms with Crippen LogP contribution in [0.3, 0.4) is 0 Å². The van der Waals surface area contributed by atoms with Crippen LogP contribution < -0.4 is 15.5 Å². The molecule has 0 spiro atoms. The van der Waals surface area contributed by atoms with E-state index in [9.17, 15) is 14.4 Å². The summed E-state index contributed by atoms with van der Waals surface area (Å²) in [5.41, 5.74) is 3.34. The molecule has 1 fully saturated rings. The quantitative estimate of drug-likeness (QED) is 0.810. The molecule has 2 N–H and O–H groups in total. The van der Waals surface area contributed by atoms with E-state index in [0.717, 1.165) is 29.8 Å². The lowest BCUT2D eigenvalue weighted by Crippen LogP contribution is -2.44. The lowest BCUT2D eigenvalue weighted by Gasteiger charge is -2.17. The molecule has 0 bridgehead atoms. The van der Waals surface area contributed by atoms with Crippen LogP contribution in [0.4, 0.5) is 5.69 Å². The number of benzene rings is 2. The molecule has 0 saturated carbocycles. The van der Waals surface area contributed by atoms with E-state index in [2.05, 4.69) is 10.6 Å². The Morgan fingerprint density at radius 1 is 1.14 bits per heavy atom. The molecule has 2 aromatic carbocycles. The van der Waals surface area contributed by atoms with E-state index in [1.54, 1.807) is 24.0 Å². The summed E-state index contributed by atoms with van der Waals surface area (Å²) in [5, 5.41) is 5.55. The summed E-state index contributed by atoms with van der Waals surface area (Å²) >= 11 is 0. The minimum atomic E-state index is -0.644. The van der Waals surface area contributed by atoms with Crippen LogP contribution >= 0.6 is 0 Å². The highest BCUT2D eigenvalue weighted by Gasteiger charge is 2.21. The molecule has 6 nitrogen and oxygen atoms in total. The Labute approximate surface area is 164 Å². The predicted octanol–water partition coefficient (Wildman–Crippen LogP) is 2.56. The van der Waals surface area contributed by atoms with Crippen molar-refractivity contribution in [1.29, 1.82) is 0 Å². The molecule has 146 valence electrons. The largest absolute Gasteiger partial charge is 0.350 e. The normalized spacial score (nSPS) is 14.6. The molecule has 0 radical (unpaired) electrons. The van der Waals surface area contributed by atoms with Crippen LogP contribution in [0.15, 0.2) is 48.5 Å². The van der Waals surface area contributed by atoms with Gasteiger partial charge in [-0.3, -0.25) is 14.4 Å². The van der Waals surface area contributed by atoms with Gasteiger partial charge in [-0.15, -0.1) is 0 Å². The topological polar surface area (TPSA) is 78.5 Å². The van der Waals surface area contributed by atoms with Crippen molar-refractivity contribution < 1.29 is 14.4 Å². The number of nitrogens with one attached hydrogen (secondary N) is 2. The van der Waals surface area contributed by atoms with Crippen LogP contribution in [0.25, 0.3) is 0 Å². The summed E-state index contributed by atoms with van der Waals surface area (Å²) in [6.07, 6.45) is 1.49. The Bertz CT molecular complexity index is 877. The molecule has 0 aliphatic carbocycles. The van der Waals surface area contributed by atoms with Gasteiger partial charge in [0.05, 0.1) is 0 Å². The van der Waals surface area contributed by atoms with Crippen molar-refractivity contribution in [1.82, 2.24) is 10.6 Å². The molecule has 1 aliphatic rings. The maximum atomic E-state index is 12.3. The number of hydrogen-bond donors (Lipinski definition) is 2. The van der Waals surface area contributed by atoms with E-state index in [1.165, 1.54) is 0 Å². The number of carbonyl (C=O) groups excluding carboxylic acids is 3. The van der Waals surface area contributed by atoms with Gasteiger partial charge in [0, 0.05) is 30.8 Å². The Morgan fingerprint density at radius 2 is 1.89 bits per heavy atom. The van der Waals surface area contributed by atoms with E-state index in [0.29, 0.717) is 18.5 Å².